The van der Waals surface area contributed by atoms with Gasteiger partial charge in [-0.05, 0) is 42.7 Å². The van der Waals surface area contributed by atoms with Crippen molar-refractivity contribution in [3.8, 4) is 0 Å². The molecule has 1 N–H and O–H groups in total. The van der Waals surface area contributed by atoms with Gasteiger partial charge in [-0.1, -0.05) is 24.3 Å². The number of carbonyl (C=O) groups is 1. The molecule has 1 spiro atoms. The molecule has 1 amide bonds. The number of rotatable bonds is 2. The van der Waals surface area contributed by atoms with E-state index in [1.807, 2.05) is 17.9 Å². The fourth-order valence-electron chi connectivity index (χ4n) is 4.00. The fourth-order valence-corrected chi connectivity index (χ4v) is 4.00. The highest BCUT2D eigenvalue weighted by Crippen LogP contribution is 2.51. The predicted octanol–water partition coefficient (Wildman–Crippen LogP) is 2.66. The second kappa shape index (κ2) is 5.68. The highest BCUT2D eigenvalue weighted by atomic mass is 16.6. The van der Waals surface area contributed by atoms with E-state index >= 15 is 0 Å². The Morgan fingerprint density at radius 2 is 2.10 bits per heavy atom. The Hall–Kier alpha value is -1.55. The highest BCUT2D eigenvalue weighted by molar-refractivity contribution is 5.67. The van der Waals surface area contributed by atoms with Gasteiger partial charge in [0.1, 0.15) is 0 Å². The minimum Gasteiger partial charge on any atom is -0.450 e. The predicted molar refractivity (Wildman–Crippen MR) is 80.4 cm³/mol. The maximum absolute atomic E-state index is 11.8. The zero-order chi connectivity index (χ0) is 14.9. The van der Waals surface area contributed by atoms with Crippen molar-refractivity contribution in [1.29, 1.82) is 0 Å². The number of fused-ring (bicyclic) bond motifs is 2. The molecule has 0 radical (unpaired) electrons. The Balaban J connectivity index is 1.78. The van der Waals surface area contributed by atoms with Crippen LogP contribution >= 0.6 is 0 Å². The van der Waals surface area contributed by atoms with Gasteiger partial charge in [0.05, 0.1) is 6.61 Å². The Labute approximate surface area is 125 Å². The summed E-state index contributed by atoms with van der Waals surface area (Å²) >= 11 is 0. The lowest BCUT2D eigenvalue weighted by Gasteiger charge is -2.39. The van der Waals surface area contributed by atoms with E-state index in [1.54, 1.807) is 0 Å². The van der Waals surface area contributed by atoms with Gasteiger partial charge in [0.2, 0.25) is 0 Å². The standard InChI is InChI=1S/C17H23NO3/c1-2-21-16(20)18-9-7-17(8-10-18)11-13(12-19)14-5-3-4-6-15(14)17/h3-6,13,19H,2,7-12H2,1H3/t13-/m1/s1. The molecule has 2 aliphatic rings. The summed E-state index contributed by atoms with van der Waals surface area (Å²) in [7, 11) is 0. The Morgan fingerprint density at radius 1 is 1.38 bits per heavy atom. The van der Waals surface area contributed by atoms with Crippen LogP contribution < -0.4 is 0 Å². The first-order chi connectivity index (χ1) is 10.2. The van der Waals surface area contributed by atoms with Crippen molar-refractivity contribution >= 4 is 6.09 Å². The lowest BCUT2D eigenvalue weighted by molar-refractivity contribution is 0.0844. The van der Waals surface area contributed by atoms with E-state index in [1.165, 1.54) is 11.1 Å². The zero-order valence-electron chi connectivity index (χ0n) is 12.5. The van der Waals surface area contributed by atoms with Crippen molar-refractivity contribution in [3.05, 3.63) is 35.4 Å². The molecule has 4 nitrogen and oxygen atoms in total. The maximum atomic E-state index is 11.8. The number of carbonyl (C=O) groups excluding carboxylic acids is 1. The van der Waals surface area contributed by atoms with E-state index < -0.39 is 0 Å². The van der Waals surface area contributed by atoms with Crippen LogP contribution in [0.3, 0.4) is 0 Å². The molecule has 1 aliphatic carbocycles. The van der Waals surface area contributed by atoms with Gasteiger partial charge in [0.15, 0.2) is 0 Å². The van der Waals surface area contributed by atoms with E-state index in [2.05, 4.69) is 18.2 Å². The number of benzene rings is 1. The van der Waals surface area contributed by atoms with Crippen LogP contribution in [0, 0.1) is 0 Å². The first-order valence-electron chi connectivity index (χ1n) is 7.82. The van der Waals surface area contributed by atoms with Crippen LogP contribution in [0.2, 0.25) is 0 Å². The van der Waals surface area contributed by atoms with Crippen LogP contribution in [0.4, 0.5) is 4.79 Å². The molecule has 1 atom stereocenters. The molecule has 0 bridgehead atoms. The second-order valence-corrected chi connectivity index (χ2v) is 6.14. The van der Waals surface area contributed by atoms with E-state index in [0.29, 0.717) is 6.61 Å². The molecule has 4 heteroatoms. The maximum Gasteiger partial charge on any atom is 0.409 e. The third-order valence-electron chi connectivity index (χ3n) is 5.08. The summed E-state index contributed by atoms with van der Waals surface area (Å²) in [5.74, 6) is 0.246. The summed E-state index contributed by atoms with van der Waals surface area (Å²) < 4.78 is 5.09. The molecule has 3 rings (SSSR count). The third kappa shape index (κ3) is 2.42. The van der Waals surface area contributed by atoms with E-state index in [-0.39, 0.29) is 24.0 Å². The second-order valence-electron chi connectivity index (χ2n) is 6.14. The molecule has 1 saturated heterocycles. The molecule has 1 aromatic carbocycles. The average Bonchev–Trinajstić information content (AvgIpc) is 2.83. The largest absolute Gasteiger partial charge is 0.450 e. The minimum atomic E-state index is -0.197. The number of hydrogen-bond acceptors (Lipinski definition) is 3. The number of aliphatic hydroxyl groups is 1. The van der Waals surface area contributed by atoms with Crippen LogP contribution in [-0.2, 0) is 10.2 Å². The first kappa shape index (κ1) is 14.4. The van der Waals surface area contributed by atoms with Crippen LogP contribution in [-0.4, -0.2) is 42.4 Å². The van der Waals surface area contributed by atoms with Gasteiger partial charge in [-0.3, -0.25) is 0 Å². The van der Waals surface area contributed by atoms with Gasteiger partial charge in [-0.2, -0.15) is 0 Å². The molecule has 1 aliphatic heterocycles. The quantitative estimate of drug-likeness (QED) is 0.910. The summed E-state index contributed by atoms with van der Waals surface area (Å²) in [5.41, 5.74) is 2.81. The molecular formula is C17H23NO3. The first-order valence-corrected chi connectivity index (χ1v) is 7.82. The monoisotopic (exact) mass is 289 g/mol. The van der Waals surface area contributed by atoms with Gasteiger partial charge >= 0.3 is 6.09 Å². The number of aliphatic hydroxyl groups excluding tert-OH is 1. The van der Waals surface area contributed by atoms with E-state index in [4.69, 9.17) is 4.74 Å². The highest BCUT2D eigenvalue weighted by Gasteiger charge is 2.45. The van der Waals surface area contributed by atoms with Gasteiger partial charge in [-0.25, -0.2) is 4.79 Å². The molecule has 0 saturated carbocycles. The summed E-state index contributed by atoms with van der Waals surface area (Å²) in [4.78, 5) is 13.6. The number of nitrogens with zero attached hydrogens (tertiary/aromatic N) is 1. The number of amides is 1. The van der Waals surface area contributed by atoms with Crippen molar-refractivity contribution < 1.29 is 14.6 Å². The lowest BCUT2D eigenvalue weighted by Crippen LogP contribution is -2.44. The summed E-state index contributed by atoms with van der Waals surface area (Å²) in [6.07, 6.45) is 2.72. The fraction of sp³-hybridized carbons (Fsp3) is 0.588. The number of piperidine rings is 1. The number of hydrogen-bond donors (Lipinski definition) is 1. The van der Waals surface area contributed by atoms with E-state index in [0.717, 1.165) is 32.4 Å². The summed E-state index contributed by atoms with van der Waals surface area (Å²) in [6.45, 7) is 3.95. The van der Waals surface area contributed by atoms with Crippen molar-refractivity contribution in [3.63, 3.8) is 0 Å². The Kier molecular flexibility index (Phi) is 3.89. The van der Waals surface area contributed by atoms with Crippen LogP contribution in [0.5, 0.6) is 0 Å². The van der Waals surface area contributed by atoms with Crippen LogP contribution in [0.15, 0.2) is 24.3 Å². The molecule has 114 valence electrons. The SMILES string of the molecule is CCOC(=O)N1CCC2(CC1)C[C@H](CO)c1ccccc12. The van der Waals surface area contributed by atoms with Crippen molar-refractivity contribution in [1.82, 2.24) is 4.90 Å². The summed E-state index contributed by atoms with van der Waals surface area (Å²) in [6, 6.07) is 8.47. The van der Waals surface area contributed by atoms with Gasteiger partial charge in [-0.15, -0.1) is 0 Å². The lowest BCUT2D eigenvalue weighted by atomic mass is 9.73. The molecule has 1 fully saturated rings. The summed E-state index contributed by atoms with van der Waals surface area (Å²) in [5, 5.41) is 9.65. The van der Waals surface area contributed by atoms with Crippen LogP contribution in [0.25, 0.3) is 0 Å². The minimum absolute atomic E-state index is 0.132. The van der Waals surface area contributed by atoms with Gasteiger partial charge in [0.25, 0.3) is 0 Å². The molecule has 1 heterocycles. The molecule has 21 heavy (non-hydrogen) atoms. The number of likely N-dealkylation sites (tertiary alicyclic amines) is 1. The molecule has 0 unspecified atom stereocenters. The molecule has 1 aromatic rings. The Morgan fingerprint density at radius 3 is 2.76 bits per heavy atom. The normalized spacial score (nSPS) is 23.1. The van der Waals surface area contributed by atoms with Crippen molar-refractivity contribution in [2.24, 2.45) is 0 Å². The number of ether oxygens (including phenoxy) is 1. The molecule has 0 aromatic heterocycles. The van der Waals surface area contributed by atoms with Gasteiger partial charge in [0, 0.05) is 25.6 Å². The zero-order valence-corrected chi connectivity index (χ0v) is 12.5. The topological polar surface area (TPSA) is 49.8 Å². The van der Waals surface area contributed by atoms with Crippen LogP contribution in [0.1, 0.15) is 43.2 Å². The average molecular weight is 289 g/mol. The van der Waals surface area contributed by atoms with Crippen molar-refractivity contribution in [2.75, 3.05) is 26.3 Å². The van der Waals surface area contributed by atoms with Crippen molar-refractivity contribution in [2.45, 2.75) is 37.5 Å². The smallest absolute Gasteiger partial charge is 0.409 e. The third-order valence-corrected chi connectivity index (χ3v) is 5.08. The van der Waals surface area contributed by atoms with E-state index in [9.17, 15) is 9.90 Å². The van der Waals surface area contributed by atoms with Gasteiger partial charge < -0.3 is 14.7 Å². The Bertz CT molecular complexity index is 521. The molecular weight excluding hydrogens is 266 g/mol.